The maximum Gasteiger partial charge on any atom is 0.291 e. The van der Waals surface area contributed by atoms with Crippen LogP contribution in [0.15, 0.2) is 41.8 Å². The van der Waals surface area contributed by atoms with Crippen molar-refractivity contribution in [2.45, 2.75) is 13.0 Å². The van der Waals surface area contributed by atoms with Crippen molar-refractivity contribution in [2.75, 3.05) is 32.8 Å². The average Bonchev–Trinajstić information content (AvgIpc) is 3.42. The van der Waals surface area contributed by atoms with E-state index >= 15 is 0 Å². The summed E-state index contributed by atoms with van der Waals surface area (Å²) in [6.07, 6.45) is 0. The number of rotatable bonds is 6. The van der Waals surface area contributed by atoms with Crippen LogP contribution in [0.5, 0.6) is 0 Å². The van der Waals surface area contributed by atoms with E-state index in [2.05, 4.69) is 27.2 Å². The third-order valence-electron chi connectivity index (χ3n) is 4.83. The van der Waals surface area contributed by atoms with E-state index in [-0.39, 0.29) is 23.6 Å². The Morgan fingerprint density at radius 2 is 2.14 bits per heavy atom. The van der Waals surface area contributed by atoms with Gasteiger partial charge in [-0.1, -0.05) is 12.1 Å². The lowest BCUT2D eigenvalue weighted by atomic mass is 10.2. The van der Waals surface area contributed by atoms with Crippen LogP contribution in [0, 0.1) is 5.82 Å². The summed E-state index contributed by atoms with van der Waals surface area (Å²) in [6, 6.07) is 10.1. The summed E-state index contributed by atoms with van der Waals surface area (Å²) in [7, 11) is 0. The summed E-state index contributed by atoms with van der Waals surface area (Å²) in [6.45, 7) is 5.69. The highest BCUT2D eigenvalue weighted by Gasteiger charge is 2.22. The van der Waals surface area contributed by atoms with Crippen molar-refractivity contribution in [3.8, 4) is 16.4 Å². The summed E-state index contributed by atoms with van der Waals surface area (Å²) < 4.78 is 20.6. The van der Waals surface area contributed by atoms with Crippen LogP contribution in [0.2, 0.25) is 0 Å². The Hall–Kier alpha value is -2.62. The van der Waals surface area contributed by atoms with Gasteiger partial charge in [0, 0.05) is 25.7 Å². The fourth-order valence-corrected chi connectivity index (χ4v) is 3.93. The van der Waals surface area contributed by atoms with Crippen LogP contribution >= 0.6 is 11.3 Å². The Labute approximate surface area is 172 Å². The average molecular weight is 415 g/mol. The van der Waals surface area contributed by atoms with Crippen molar-refractivity contribution in [3.63, 3.8) is 0 Å². The molecule has 0 aliphatic carbocycles. The molecule has 1 N–H and O–H groups in total. The number of benzene rings is 1. The number of hydrogen-bond acceptors (Lipinski definition) is 6. The third-order valence-corrected chi connectivity index (χ3v) is 5.70. The van der Waals surface area contributed by atoms with Crippen molar-refractivity contribution in [1.29, 1.82) is 0 Å². The summed E-state index contributed by atoms with van der Waals surface area (Å²) in [5.41, 5.74) is 0.515. The molecule has 1 fully saturated rings. The summed E-state index contributed by atoms with van der Waals surface area (Å²) in [4.78, 5) is 20.3. The maximum atomic E-state index is 13.7. The highest BCUT2D eigenvalue weighted by Crippen LogP contribution is 2.25. The Morgan fingerprint density at radius 1 is 1.31 bits per heavy atom. The minimum atomic E-state index is -0.375. The molecule has 7 nitrogen and oxygen atoms in total. The van der Waals surface area contributed by atoms with Gasteiger partial charge >= 0.3 is 0 Å². The zero-order chi connectivity index (χ0) is 20.2. The zero-order valence-corrected chi connectivity index (χ0v) is 16.9. The van der Waals surface area contributed by atoms with Gasteiger partial charge < -0.3 is 10.1 Å². The third kappa shape index (κ3) is 4.52. The van der Waals surface area contributed by atoms with Gasteiger partial charge in [-0.15, -0.1) is 16.4 Å². The molecule has 152 valence electrons. The number of morpholine rings is 1. The number of thiophene rings is 1. The standard InChI is InChI=1S/C20H22FN5O2S/c1-14(25-7-9-28-10-8-25)13-22-20(27)18-23-19(17-6-3-11-29-17)26(24-18)16-5-2-4-15(21)12-16/h2-6,11-12,14H,7-10,13H2,1H3,(H,22,27). The Bertz CT molecular complexity index is 969. The second-order valence-corrected chi connectivity index (χ2v) is 7.78. The van der Waals surface area contributed by atoms with E-state index in [9.17, 15) is 9.18 Å². The molecule has 1 saturated heterocycles. The number of halogens is 1. The zero-order valence-electron chi connectivity index (χ0n) is 16.0. The lowest BCUT2D eigenvalue weighted by Gasteiger charge is -2.32. The lowest BCUT2D eigenvalue weighted by molar-refractivity contribution is 0.0204. The quantitative estimate of drug-likeness (QED) is 0.670. The van der Waals surface area contributed by atoms with Crippen LogP contribution in [-0.4, -0.2) is 64.5 Å². The minimum Gasteiger partial charge on any atom is -0.379 e. The highest BCUT2D eigenvalue weighted by atomic mass is 32.1. The van der Waals surface area contributed by atoms with E-state index in [1.54, 1.807) is 12.1 Å². The van der Waals surface area contributed by atoms with E-state index in [0.29, 0.717) is 31.3 Å². The predicted molar refractivity (Wildman–Crippen MR) is 109 cm³/mol. The predicted octanol–water partition coefficient (Wildman–Crippen LogP) is 2.59. The van der Waals surface area contributed by atoms with E-state index in [1.165, 1.54) is 28.2 Å². The molecule has 0 bridgehead atoms. The number of hydrogen-bond donors (Lipinski definition) is 1. The molecule has 2 aromatic heterocycles. The number of nitrogens with zero attached hydrogens (tertiary/aromatic N) is 4. The molecule has 1 aliphatic heterocycles. The first-order valence-electron chi connectivity index (χ1n) is 9.48. The largest absolute Gasteiger partial charge is 0.379 e. The van der Waals surface area contributed by atoms with Crippen molar-refractivity contribution in [2.24, 2.45) is 0 Å². The fourth-order valence-electron chi connectivity index (χ4n) is 3.23. The normalized spacial score (nSPS) is 15.9. The second-order valence-electron chi connectivity index (χ2n) is 6.84. The molecule has 0 spiro atoms. The SMILES string of the molecule is CC(CNC(=O)c1nc(-c2cccs2)n(-c2cccc(F)c2)n1)N1CCOCC1. The molecule has 1 atom stereocenters. The number of amides is 1. The van der Waals surface area contributed by atoms with Gasteiger partial charge in [0.1, 0.15) is 5.82 Å². The number of carbonyl (C=O) groups is 1. The van der Waals surface area contributed by atoms with Crippen LogP contribution in [0.3, 0.4) is 0 Å². The van der Waals surface area contributed by atoms with Crippen LogP contribution in [0.4, 0.5) is 4.39 Å². The molecule has 1 amide bonds. The fraction of sp³-hybridized carbons (Fsp3) is 0.350. The lowest BCUT2D eigenvalue weighted by Crippen LogP contribution is -2.47. The van der Waals surface area contributed by atoms with Crippen molar-refractivity contribution in [3.05, 3.63) is 53.4 Å². The molecular formula is C20H22FN5O2S. The van der Waals surface area contributed by atoms with E-state index in [1.807, 2.05) is 17.5 Å². The second kappa shape index (κ2) is 8.81. The van der Waals surface area contributed by atoms with Gasteiger partial charge in [-0.05, 0) is 36.6 Å². The maximum absolute atomic E-state index is 13.7. The van der Waals surface area contributed by atoms with Gasteiger partial charge in [0.25, 0.3) is 5.91 Å². The van der Waals surface area contributed by atoms with Gasteiger partial charge in [-0.2, -0.15) is 0 Å². The number of carbonyl (C=O) groups excluding carboxylic acids is 1. The van der Waals surface area contributed by atoms with Gasteiger partial charge in [0.2, 0.25) is 5.82 Å². The van der Waals surface area contributed by atoms with Crippen molar-refractivity contribution >= 4 is 17.2 Å². The van der Waals surface area contributed by atoms with Gasteiger partial charge in [0.15, 0.2) is 5.82 Å². The first-order valence-corrected chi connectivity index (χ1v) is 10.4. The van der Waals surface area contributed by atoms with Crippen molar-refractivity contribution in [1.82, 2.24) is 25.0 Å². The number of ether oxygens (including phenoxy) is 1. The molecular weight excluding hydrogens is 393 g/mol. The summed E-state index contributed by atoms with van der Waals surface area (Å²) in [5, 5.41) is 9.20. The first-order chi connectivity index (χ1) is 14.1. The van der Waals surface area contributed by atoms with Crippen LogP contribution < -0.4 is 5.32 Å². The smallest absolute Gasteiger partial charge is 0.291 e. The van der Waals surface area contributed by atoms with Crippen LogP contribution in [0.25, 0.3) is 16.4 Å². The van der Waals surface area contributed by atoms with Crippen molar-refractivity contribution < 1.29 is 13.9 Å². The molecule has 1 aliphatic rings. The molecule has 9 heteroatoms. The van der Waals surface area contributed by atoms with E-state index in [0.717, 1.165) is 18.0 Å². The Kier molecular flexibility index (Phi) is 5.98. The number of aromatic nitrogens is 3. The summed E-state index contributed by atoms with van der Waals surface area (Å²) in [5.74, 6) is -0.151. The van der Waals surface area contributed by atoms with Gasteiger partial charge in [-0.25, -0.2) is 14.1 Å². The van der Waals surface area contributed by atoms with Crippen LogP contribution in [0.1, 0.15) is 17.5 Å². The highest BCUT2D eigenvalue weighted by molar-refractivity contribution is 7.13. The van der Waals surface area contributed by atoms with Crippen LogP contribution in [-0.2, 0) is 4.74 Å². The van der Waals surface area contributed by atoms with E-state index < -0.39 is 0 Å². The molecule has 0 saturated carbocycles. The number of nitrogens with one attached hydrogen (secondary N) is 1. The monoisotopic (exact) mass is 415 g/mol. The molecule has 4 rings (SSSR count). The minimum absolute atomic E-state index is 0.0619. The van der Waals surface area contributed by atoms with E-state index in [4.69, 9.17) is 4.74 Å². The van der Waals surface area contributed by atoms with Gasteiger partial charge in [-0.3, -0.25) is 9.69 Å². The molecule has 3 heterocycles. The molecule has 29 heavy (non-hydrogen) atoms. The first kappa shape index (κ1) is 19.7. The summed E-state index contributed by atoms with van der Waals surface area (Å²) >= 11 is 1.48. The molecule has 0 radical (unpaired) electrons. The molecule has 3 aromatic rings. The Morgan fingerprint density at radius 3 is 2.86 bits per heavy atom. The Balaban J connectivity index is 1.54. The van der Waals surface area contributed by atoms with Gasteiger partial charge in [0.05, 0.1) is 23.8 Å². The molecule has 1 unspecified atom stereocenters. The topological polar surface area (TPSA) is 72.3 Å². The molecule has 1 aromatic carbocycles.